The standard InChI is InChI=1S/C11H15BrO2/c1-11(2,7-12)9-6-8(14-3)4-5-10(9)13/h4-6,13H,7H2,1-3H3. The second-order valence-corrected chi connectivity index (χ2v) is 4.46. The minimum absolute atomic E-state index is 0.0986. The smallest absolute Gasteiger partial charge is 0.119 e. The van der Waals surface area contributed by atoms with Gasteiger partial charge in [0.25, 0.3) is 0 Å². The van der Waals surface area contributed by atoms with E-state index < -0.39 is 0 Å². The van der Waals surface area contributed by atoms with Crippen molar-refractivity contribution < 1.29 is 9.84 Å². The van der Waals surface area contributed by atoms with E-state index in [4.69, 9.17) is 4.74 Å². The summed E-state index contributed by atoms with van der Waals surface area (Å²) in [5.41, 5.74) is 0.798. The highest BCUT2D eigenvalue weighted by molar-refractivity contribution is 9.09. The second kappa shape index (κ2) is 4.22. The molecule has 0 aliphatic carbocycles. The molecule has 1 aromatic rings. The minimum Gasteiger partial charge on any atom is -0.508 e. The Morgan fingerprint density at radius 3 is 2.57 bits per heavy atom. The SMILES string of the molecule is COc1ccc(O)c(C(C)(C)CBr)c1. The minimum atomic E-state index is -0.0986. The van der Waals surface area contributed by atoms with Gasteiger partial charge in [-0.3, -0.25) is 0 Å². The fourth-order valence-corrected chi connectivity index (χ4v) is 1.56. The summed E-state index contributed by atoms with van der Waals surface area (Å²) in [6.07, 6.45) is 0. The lowest BCUT2D eigenvalue weighted by atomic mass is 9.86. The van der Waals surface area contributed by atoms with Gasteiger partial charge in [-0.1, -0.05) is 29.8 Å². The van der Waals surface area contributed by atoms with Crippen LogP contribution in [-0.4, -0.2) is 17.5 Å². The van der Waals surface area contributed by atoms with Crippen molar-refractivity contribution >= 4 is 15.9 Å². The van der Waals surface area contributed by atoms with Gasteiger partial charge >= 0.3 is 0 Å². The lowest BCUT2D eigenvalue weighted by Crippen LogP contribution is -2.18. The molecule has 1 N–H and O–H groups in total. The number of hydrogen-bond acceptors (Lipinski definition) is 2. The predicted molar refractivity (Wildman–Crippen MR) is 61.5 cm³/mol. The van der Waals surface area contributed by atoms with Crippen LogP contribution in [0.25, 0.3) is 0 Å². The average Bonchev–Trinajstić information content (AvgIpc) is 2.18. The largest absolute Gasteiger partial charge is 0.508 e. The molecular formula is C11H15BrO2. The summed E-state index contributed by atoms with van der Waals surface area (Å²) in [6.45, 7) is 4.13. The highest BCUT2D eigenvalue weighted by Crippen LogP contribution is 2.34. The Morgan fingerprint density at radius 1 is 1.43 bits per heavy atom. The lowest BCUT2D eigenvalue weighted by Gasteiger charge is -2.23. The third-order valence-corrected chi connectivity index (χ3v) is 3.67. The number of phenols is 1. The van der Waals surface area contributed by atoms with E-state index in [1.54, 1.807) is 19.2 Å². The summed E-state index contributed by atoms with van der Waals surface area (Å²) in [5, 5.41) is 10.5. The van der Waals surface area contributed by atoms with E-state index in [0.717, 1.165) is 16.6 Å². The molecule has 0 saturated heterocycles. The maximum atomic E-state index is 9.72. The number of ether oxygens (including phenoxy) is 1. The Kier molecular flexibility index (Phi) is 3.43. The van der Waals surface area contributed by atoms with Crippen LogP contribution in [0.15, 0.2) is 18.2 Å². The van der Waals surface area contributed by atoms with Crippen molar-refractivity contribution in [2.24, 2.45) is 0 Å². The van der Waals surface area contributed by atoms with Gasteiger partial charge in [0.2, 0.25) is 0 Å². The molecular weight excluding hydrogens is 244 g/mol. The summed E-state index contributed by atoms with van der Waals surface area (Å²) >= 11 is 3.44. The van der Waals surface area contributed by atoms with Crippen LogP contribution in [-0.2, 0) is 5.41 Å². The third kappa shape index (κ3) is 2.21. The maximum Gasteiger partial charge on any atom is 0.119 e. The number of methoxy groups -OCH3 is 1. The molecule has 14 heavy (non-hydrogen) atoms. The highest BCUT2D eigenvalue weighted by Gasteiger charge is 2.22. The first-order valence-electron chi connectivity index (χ1n) is 4.44. The number of halogens is 1. The maximum absolute atomic E-state index is 9.72. The average molecular weight is 259 g/mol. The van der Waals surface area contributed by atoms with Crippen molar-refractivity contribution in [3.8, 4) is 11.5 Å². The Labute approximate surface area is 93.0 Å². The van der Waals surface area contributed by atoms with E-state index in [0.29, 0.717) is 5.75 Å². The van der Waals surface area contributed by atoms with E-state index in [9.17, 15) is 5.11 Å². The summed E-state index contributed by atoms with van der Waals surface area (Å²) in [7, 11) is 1.62. The normalized spacial score (nSPS) is 11.4. The Bertz CT molecular complexity index is 321. The first kappa shape index (κ1) is 11.4. The monoisotopic (exact) mass is 258 g/mol. The van der Waals surface area contributed by atoms with Gasteiger partial charge < -0.3 is 9.84 Å². The molecule has 3 heteroatoms. The zero-order valence-electron chi connectivity index (χ0n) is 8.67. The van der Waals surface area contributed by atoms with E-state index in [1.807, 2.05) is 6.07 Å². The molecule has 0 unspecified atom stereocenters. The zero-order chi connectivity index (χ0) is 10.8. The van der Waals surface area contributed by atoms with Crippen molar-refractivity contribution in [1.29, 1.82) is 0 Å². The molecule has 78 valence electrons. The molecule has 0 aliphatic rings. The number of phenolic OH excluding ortho intramolecular Hbond substituents is 1. The van der Waals surface area contributed by atoms with Gasteiger partial charge in [0.15, 0.2) is 0 Å². The van der Waals surface area contributed by atoms with E-state index in [2.05, 4.69) is 29.8 Å². The Hall–Kier alpha value is -0.700. The van der Waals surface area contributed by atoms with Crippen molar-refractivity contribution in [3.63, 3.8) is 0 Å². The molecule has 1 rings (SSSR count). The topological polar surface area (TPSA) is 29.5 Å². The van der Waals surface area contributed by atoms with Gasteiger partial charge in [0.05, 0.1) is 7.11 Å². The molecule has 0 aromatic heterocycles. The quantitative estimate of drug-likeness (QED) is 0.845. The summed E-state index contributed by atoms with van der Waals surface area (Å²) in [6, 6.07) is 5.29. The van der Waals surface area contributed by atoms with Crippen LogP contribution >= 0.6 is 15.9 Å². The molecule has 0 atom stereocenters. The molecule has 0 saturated carbocycles. The lowest BCUT2D eigenvalue weighted by molar-refractivity contribution is 0.406. The summed E-state index contributed by atoms with van der Waals surface area (Å²) in [5.74, 6) is 1.09. The molecule has 2 nitrogen and oxygen atoms in total. The van der Waals surface area contributed by atoms with Gasteiger partial charge in [-0.15, -0.1) is 0 Å². The molecule has 0 fully saturated rings. The van der Waals surface area contributed by atoms with Gasteiger partial charge in [-0.2, -0.15) is 0 Å². The van der Waals surface area contributed by atoms with Gasteiger partial charge in [-0.25, -0.2) is 0 Å². The summed E-state index contributed by atoms with van der Waals surface area (Å²) < 4.78 is 5.12. The third-order valence-electron chi connectivity index (χ3n) is 2.27. The first-order chi connectivity index (χ1) is 6.51. The number of aromatic hydroxyl groups is 1. The Balaban J connectivity index is 3.18. The van der Waals surface area contributed by atoms with E-state index in [-0.39, 0.29) is 5.41 Å². The fraction of sp³-hybridized carbons (Fsp3) is 0.455. The molecule has 0 spiro atoms. The molecule has 0 bridgehead atoms. The molecule has 0 amide bonds. The molecule has 1 aromatic carbocycles. The van der Waals surface area contributed by atoms with Crippen LogP contribution in [0.1, 0.15) is 19.4 Å². The fourth-order valence-electron chi connectivity index (χ4n) is 1.26. The first-order valence-corrected chi connectivity index (χ1v) is 5.57. The van der Waals surface area contributed by atoms with Crippen LogP contribution < -0.4 is 4.74 Å². The molecule has 0 aliphatic heterocycles. The van der Waals surface area contributed by atoms with Gasteiger partial charge in [-0.05, 0) is 18.2 Å². The Morgan fingerprint density at radius 2 is 2.07 bits per heavy atom. The van der Waals surface area contributed by atoms with Crippen LogP contribution in [0.5, 0.6) is 11.5 Å². The molecule has 0 radical (unpaired) electrons. The predicted octanol–water partition coefficient (Wildman–Crippen LogP) is 3.07. The van der Waals surface area contributed by atoms with Gasteiger partial charge in [0.1, 0.15) is 11.5 Å². The van der Waals surface area contributed by atoms with Crippen LogP contribution in [0, 0.1) is 0 Å². The van der Waals surface area contributed by atoms with Crippen LogP contribution in [0.2, 0.25) is 0 Å². The summed E-state index contributed by atoms with van der Waals surface area (Å²) in [4.78, 5) is 0. The van der Waals surface area contributed by atoms with E-state index >= 15 is 0 Å². The molecule has 0 heterocycles. The van der Waals surface area contributed by atoms with Gasteiger partial charge in [0, 0.05) is 16.3 Å². The highest BCUT2D eigenvalue weighted by atomic mass is 79.9. The van der Waals surface area contributed by atoms with E-state index in [1.165, 1.54) is 0 Å². The van der Waals surface area contributed by atoms with Crippen molar-refractivity contribution in [1.82, 2.24) is 0 Å². The zero-order valence-corrected chi connectivity index (χ0v) is 10.3. The van der Waals surface area contributed by atoms with Crippen LogP contribution in [0.4, 0.5) is 0 Å². The van der Waals surface area contributed by atoms with Crippen molar-refractivity contribution in [2.45, 2.75) is 19.3 Å². The second-order valence-electron chi connectivity index (χ2n) is 3.90. The van der Waals surface area contributed by atoms with Crippen molar-refractivity contribution in [3.05, 3.63) is 23.8 Å². The number of benzene rings is 1. The number of alkyl halides is 1. The number of hydrogen-bond donors (Lipinski definition) is 1. The number of rotatable bonds is 3. The van der Waals surface area contributed by atoms with Crippen LogP contribution in [0.3, 0.4) is 0 Å². The van der Waals surface area contributed by atoms with Crippen molar-refractivity contribution in [2.75, 3.05) is 12.4 Å².